The van der Waals surface area contributed by atoms with E-state index in [-0.39, 0.29) is 24.9 Å². The Bertz CT molecular complexity index is 532. The standard InChI is InChI=1S/C13H13ClF3NO3/c1-21-12(20)5-4-11(19)18-7-8-2-3-10(14)9(6-8)13(15,16)17/h2-3,6H,4-5,7H2,1H3,(H,18,19). The molecule has 0 aliphatic heterocycles. The number of rotatable bonds is 5. The molecule has 0 radical (unpaired) electrons. The Kier molecular flexibility index (Phi) is 6.02. The second-order valence-electron chi connectivity index (χ2n) is 4.16. The van der Waals surface area contributed by atoms with E-state index in [4.69, 9.17) is 11.6 Å². The second kappa shape index (κ2) is 7.31. The normalized spacial score (nSPS) is 11.1. The highest BCUT2D eigenvalue weighted by Crippen LogP contribution is 2.35. The lowest BCUT2D eigenvalue weighted by atomic mass is 10.1. The van der Waals surface area contributed by atoms with Gasteiger partial charge in [-0.3, -0.25) is 9.59 Å². The molecule has 1 rings (SSSR count). The summed E-state index contributed by atoms with van der Waals surface area (Å²) in [4.78, 5) is 22.3. The van der Waals surface area contributed by atoms with Crippen LogP contribution in [0.2, 0.25) is 5.02 Å². The Hall–Kier alpha value is -1.76. The van der Waals surface area contributed by atoms with E-state index >= 15 is 0 Å². The molecule has 4 nitrogen and oxygen atoms in total. The van der Waals surface area contributed by atoms with Crippen molar-refractivity contribution < 1.29 is 27.5 Å². The number of carbonyl (C=O) groups excluding carboxylic acids is 2. The van der Waals surface area contributed by atoms with Crippen LogP contribution in [0, 0.1) is 0 Å². The van der Waals surface area contributed by atoms with Gasteiger partial charge in [0.15, 0.2) is 0 Å². The molecule has 0 aromatic heterocycles. The van der Waals surface area contributed by atoms with Gasteiger partial charge in [0.25, 0.3) is 0 Å². The Morgan fingerprint density at radius 2 is 1.95 bits per heavy atom. The van der Waals surface area contributed by atoms with E-state index in [0.29, 0.717) is 0 Å². The molecule has 0 aliphatic carbocycles. The van der Waals surface area contributed by atoms with Crippen LogP contribution in [0.15, 0.2) is 18.2 Å². The van der Waals surface area contributed by atoms with Crippen molar-refractivity contribution in [1.82, 2.24) is 5.32 Å². The zero-order valence-corrected chi connectivity index (χ0v) is 11.8. The minimum absolute atomic E-state index is 0.0831. The largest absolute Gasteiger partial charge is 0.469 e. The third-order valence-corrected chi connectivity index (χ3v) is 2.94. The van der Waals surface area contributed by atoms with Crippen molar-refractivity contribution in [2.24, 2.45) is 0 Å². The fourth-order valence-corrected chi connectivity index (χ4v) is 1.73. The summed E-state index contributed by atoms with van der Waals surface area (Å²) in [6.07, 6.45) is -4.73. The molecule has 0 atom stereocenters. The zero-order chi connectivity index (χ0) is 16.0. The molecule has 0 saturated carbocycles. The van der Waals surface area contributed by atoms with Crippen LogP contribution in [0.25, 0.3) is 0 Å². The van der Waals surface area contributed by atoms with Crippen molar-refractivity contribution >= 4 is 23.5 Å². The SMILES string of the molecule is COC(=O)CCC(=O)NCc1ccc(Cl)c(C(F)(F)F)c1. The van der Waals surface area contributed by atoms with Gasteiger partial charge in [-0.1, -0.05) is 17.7 Å². The van der Waals surface area contributed by atoms with Crippen molar-refractivity contribution in [2.75, 3.05) is 7.11 Å². The van der Waals surface area contributed by atoms with Crippen LogP contribution < -0.4 is 5.32 Å². The molecule has 0 heterocycles. The molecule has 1 amide bonds. The molecule has 0 fully saturated rings. The van der Waals surface area contributed by atoms with Gasteiger partial charge in [0.05, 0.1) is 24.1 Å². The number of hydrogen-bond acceptors (Lipinski definition) is 3. The molecule has 0 aliphatic rings. The van der Waals surface area contributed by atoms with Crippen molar-refractivity contribution in [3.63, 3.8) is 0 Å². The maximum atomic E-state index is 12.7. The Labute approximate surface area is 124 Å². The maximum Gasteiger partial charge on any atom is 0.417 e. The molecule has 1 aromatic carbocycles. The fourth-order valence-electron chi connectivity index (χ4n) is 1.51. The third kappa shape index (κ3) is 5.63. The summed E-state index contributed by atoms with van der Waals surface area (Å²) in [5, 5.41) is 2.02. The van der Waals surface area contributed by atoms with Crippen LogP contribution in [-0.4, -0.2) is 19.0 Å². The van der Waals surface area contributed by atoms with Gasteiger partial charge < -0.3 is 10.1 Å². The van der Waals surface area contributed by atoms with Gasteiger partial charge in [0.2, 0.25) is 5.91 Å². The lowest BCUT2D eigenvalue weighted by Crippen LogP contribution is -2.23. The van der Waals surface area contributed by atoms with Crippen molar-refractivity contribution in [2.45, 2.75) is 25.6 Å². The number of halogens is 4. The van der Waals surface area contributed by atoms with Crippen LogP contribution in [0.4, 0.5) is 13.2 Å². The predicted octanol–water partition coefficient (Wildman–Crippen LogP) is 2.93. The summed E-state index contributed by atoms with van der Waals surface area (Å²) >= 11 is 5.49. The minimum atomic E-state index is -4.55. The van der Waals surface area contributed by atoms with Crippen molar-refractivity contribution in [3.05, 3.63) is 34.3 Å². The summed E-state index contributed by atoms with van der Waals surface area (Å²) in [6.45, 7) is -0.0831. The van der Waals surface area contributed by atoms with E-state index in [2.05, 4.69) is 10.1 Å². The molecule has 21 heavy (non-hydrogen) atoms. The molecule has 0 unspecified atom stereocenters. The molecule has 0 saturated heterocycles. The van der Waals surface area contributed by atoms with Gasteiger partial charge >= 0.3 is 12.1 Å². The Balaban J connectivity index is 2.60. The molecule has 1 aromatic rings. The smallest absolute Gasteiger partial charge is 0.417 e. The number of carbonyl (C=O) groups is 2. The third-order valence-electron chi connectivity index (χ3n) is 2.61. The minimum Gasteiger partial charge on any atom is -0.469 e. The van der Waals surface area contributed by atoms with Crippen LogP contribution in [0.5, 0.6) is 0 Å². The fraction of sp³-hybridized carbons (Fsp3) is 0.385. The van der Waals surface area contributed by atoms with E-state index in [1.54, 1.807) is 0 Å². The topological polar surface area (TPSA) is 55.4 Å². The molecule has 8 heteroatoms. The quantitative estimate of drug-likeness (QED) is 0.848. The number of hydrogen-bond donors (Lipinski definition) is 1. The number of esters is 1. The first kappa shape index (κ1) is 17.3. The first-order valence-electron chi connectivity index (χ1n) is 5.93. The van der Waals surface area contributed by atoms with E-state index < -0.39 is 28.6 Å². The number of benzene rings is 1. The number of nitrogens with one attached hydrogen (secondary N) is 1. The van der Waals surface area contributed by atoms with Crippen LogP contribution in [0.3, 0.4) is 0 Å². The Morgan fingerprint density at radius 1 is 1.29 bits per heavy atom. The number of alkyl halides is 3. The van der Waals surface area contributed by atoms with Gasteiger partial charge in [0, 0.05) is 13.0 Å². The van der Waals surface area contributed by atoms with E-state index in [1.807, 2.05) is 0 Å². The average molecular weight is 324 g/mol. The van der Waals surface area contributed by atoms with Gasteiger partial charge in [0.1, 0.15) is 0 Å². The van der Waals surface area contributed by atoms with Crippen molar-refractivity contribution in [3.8, 4) is 0 Å². The summed E-state index contributed by atoms with van der Waals surface area (Å²) < 4.78 is 42.3. The summed E-state index contributed by atoms with van der Waals surface area (Å²) in [6, 6.07) is 3.39. The highest BCUT2D eigenvalue weighted by atomic mass is 35.5. The lowest BCUT2D eigenvalue weighted by Gasteiger charge is -2.11. The van der Waals surface area contributed by atoms with Gasteiger partial charge in [-0.25, -0.2) is 0 Å². The molecule has 1 N–H and O–H groups in total. The predicted molar refractivity (Wildman–Crippen MR) is 69.6 cm³/mol. The first-order valence-corrected chi connectivity index (χ1v) is 6.31. The molecular formula is C13H13ClF3NO3. The lowest BCUT2D eigenvalue weighted by molar-refractivity contribution is -0.142. The van der Waals surface area contributed by atoms with Gasteiger partial charge in [-0.05, 0) is 17.7 Å². The van der Waals surface area contributed by atoms with E-state index in [1.165, 1.54) is 13.2 Å². The highest BCUT2D eigenvalue weighted by Gasteiger charge is 2.33. The molecule has 0 bridgehead atoms. The van der Waals surface area contributed by atoms with Crippen LogP contribution >= 0.6 is 11.6 Å². The Morgan fingerprint density at radius 3 is 2.52 bits per heavy atom. The first-order chi connectivity index (χ1) is 9.74. The molecule has 116 valence electrons. The zero-order valence-electron chi connectivity index (χ0n) is 11.1. The van der Waals surface area contributed by atoms with E-state index in [0.717, 1.165) is 12.1 Å². The van der Waals surface area contributed by atoms with Crippen LogP contribution in [-0.2, 0) is 27.0 Å². The number of amides is 1. The number of ether oxygens (including phenoxy) is 1. The van der Waals surface area contributed by atoms with Gasteiger partial charge in [-0.15, -0.1) is 0 Å². The average Bonchev–Trinajstić information content (AvgIpc) is 2.42. The van der Waals surface area contributed by atoms with Crippen LogP contribution in [0.1, 0.15) is 24.0 Å². The second-order valence-corrected chi connectivity index (χ2v) is 4.57. The summed E-state index contributed by atoms with van der Waals surface area (Å²) in [5.41, 5.74) is -0.691. The molecular weight excluding hydrogens is 311 g/mol. The van der Waals surface area contributed by atoms with Gasteiger partial charge in [-0.2, -0.15) is 13.2 Å². The summed E-state index contributed by atoms with van der Waals surface area (Å²) in [7, 11) is 1.20. The number of methoxy groups -OCH3 is 1. The summed E-state index contributed by atoms with van der Waals surface area (Å²) in [5.74, 6) is -0.986. The monoisotopic (exact) mass is 323 g/mol. The van der Waals surface area contributed by atoms with Crippen molar-refractivity contribution in [1.29, 1.82) is 0 Å². The highest BCUT2D eigenvalue weighted by molar-refractivity contribution is 6.31. The van der Waals surface area contributed by atoms with E-state index in [9.17, 15) is 22.8 Å². The molecule has 0 spiro atoms. The maximum absolute atomic E-state index is 12.7.